The first-order valence-corrected chi connectivity index (χ1v) is 6.22. The number of likely N-dealkylation sites (tertiary alicyclic amines) is 1. The molecule has 0 unspecified atom stereocenters. The largest absolute Gasteiger partial charge is 0.366 e. The summed E-state index contributed by atoms with van der Waals surface area (Å²) in [4.78, 5) is 17.8. The summed E-state index contributed by atoms with van der Waals surface area (Å²) in [6.07, 6.45) is 7.95. The molecule has 2 rings (SSSR count). The van der Waals surface area contributed by atoms with E-state index in [1.165, 1.54) is 25.9 Å². The maximum absolute atomic E-state index is 11.2. The zero-order valence-corrected chi connectivity index (χ0v) is 10.1. The highest BCUT2D eigenvalue weighted by Gasteiger charge is 2.12. The average Bonchev–Trinajstić information content (AvgIpc) is 2.82. The molecule has 0 bridgehead atoms. The van der Waals surface area contributed by atoms with Crippen LogP contribution < -0.4 is 5.73 Å². The van der Waals surface area contributed by atoms with Gasteiger partial charge in [-0.25, -0.2) is 0 Å². The van der Waals surface area contributed by atoms with Crippen LogP contribution in [0.4, 0.5) is 0 Å². The van der Waals surface area contributed by atoms with Gasteiger partial charge in [0.05, 0.1) is 0 Å². The van der Waals surface area contributed by atoms with Crippen LogP contribution in [0.5, 0.6) is 0 Å². The van der Waals surface area contributed by atoms with Crippen molar-refractivity contribution in [2.24, 2.45) is 5.73 Å². The fraction of sp³-hybridized carbons (Fsp3) is 0.538. The van der Waals surface area contributed by atoms with Gasteiger partial charge in [-0.15, -0.1) is 0 Å². The van der Waals surface area contributed by atoms with Crippen LogP contribution in [0.1, 0.15) is 35.2 Å². The van der Waals surface area contributed by atoms with Crippen molar-refractivity contribution in [2.75, 3.05) is 19.6 Å². The number of rotatable bonds is 5. The lowest BCUT2D eigenvalue weighted by Crippen LogP contribution is -2.21. The molecule has 1 amide bonds. The molecule has 1 fully saturated rings. The number of carbonyl (C=O) groups excluding carboxylic acids is 1. The van der Waals surface area contributed by atoms with Crippen LogP contribution in [0.2, 0.25) is 0 Å². The third kappa shape index (κ3) is 3.27. The molecule has 2 heterocycles. The van der Waals surface area contributed by atoms with Gasteiger partial charge in [0.25, 0.3) is 0 Å². The Morgan fingerprint density at radius 2 is 2.18 bits per heavy atom. The zero-order valence-electron chi connectivity index (χ0n) is 10.1. The molecular formula is C13H19N3O. The zero-order chi connectivity index (χ0) is 12.1. The molecule has 0 aliphatic carbocycles. The molecule has 1 saturated heterocycles. The molecular weight excluding hydrogens is 214 g/mol. The molecule has 1 aromatic rings. The summed E-state index contributed by atoms with van der Waals surface area (Å²) in [5.74, 6) is -0.358. The van der Waals surface area contributed by atoms with Crippen LogP contribution in [-0.2, 0) is 6.42 Å². The van der Waals surface area contributed by atoms with Crippen LogP contribution in [-0.4, -0.2) is 35.4 Å². The highest BCUT2D eigenvalue weighted by molar-refractivity contribution is 5.94. The Bertz CT molecular complexity index is 386. The first-order chi connectivity index (χ1) is 8.27. The van der Waals surface area contributed by atoms with Crippen LogP contribution in [0.15, 0.2) is 18.5 Å². The summed E-state index contributed by atoms with van der Waals surface area (Å²) in [5.41, 5.74) is 6.92. The van der Waals surface area contributed by atoms with Gasteiger partial charge in [-0.3, -0.25) is 9.78 Å². The van der Waals surface area contributed by atoms with E-state index in [0.29, 0.717) is 5.56 Å². The maximum atomic E-state index is 11.2. The Morgan fingerprint density at radius 1 is 1.41 bits per heavy atom. The van der Waals surface area contributed by atoms with E-state index >= 15 is 0 Å². The number of pyridine rings is 1. The number of carbonyl (C=O) groups is 1. The SMILES string of the molecule is NC(=O)c1ccncc1CCCN1CCCC1. The molecule has 17 heavy (non-hydrogen) atoms. The molecule has 2 N–H and O–H groups in total. The van der Waals surface area contributed by atoms with Gasteiger partial charge in [0, 0.05) is 18.0 Å². The molecule has 0 saturated carbocycles. The number of aryl methyl sites for hydroxylation is 1. The van der Waals surface area contributed by atoms with Gasteiger partial charge in [0.15, 0.2) is 0 Å². The quantitative estimate of drug-likeness (QED) is 0.831. The van der Waals surface area contributed by atoms with E-state index in [-0.39, 0.29) is 5.91 Å². The number of hydrogen-bond donors (Lipinski definition) is 1. The maximum Gasteiger partial charge on any atom is 0.249 e. The minimum Gasteiger partial charge on any atom is -0.366 e. The smallest absolute Gasteiger partial charge is 0.249 e. The summed E-state index contributed by atoms with van der Waals surface area (Å²) >= 11 is 0. The second kappa shape index (κ2) is 5.77. The topological polar surface area (TPSA) is 59.2 Å². The Hall–Kier alpha value is -1.42. The molecule has 1 aliphatic heterocycles. The van der Waals surface area contributed by atoms with Crippen molar-refractivity contribution in [3.63, 3.8) is 0 Å². The van der Waals surface area contributed by atoms with Crippen molar-refractivity contribution in [3.8, 4) is 0 Å². The summed E-state index contributed by atoms with van der Waals surface area (Å²) in [7, 11) is 0. The Labute approximate surface area is 102 Å². The van der Waals surface area contributed by atoms with Crippen LogP contribution in [0.25, 0.3) is 0 Å². The summed E-state index contributed by atoms with van der Waals surface area (Å²) in [6, 6.07) is 1.70. The third-order valence-electron chi connectivity index (χ3n) is 3.29. The highest BCUT2D eigenvalue weighted by Crippen LogP contribution is 2.12. The standard InChI is InChI=1S/C13H19N3O/c14-13(17)12-5-6-15-10-11(12)4-3-9-16-7-1-2-8-16/h5-6,10H,1-4,7-9H2,(H2,14,17). The Morgan fingerprint density at radius 3 is 2.88 bits per heavy atom. The monoisotopic (exact) mass is 233 g/mol. The number of aromatic nitrogens is 1. The number of nitrogens with zero attached hydrogens (tertiary/aromatic N) is 2. The minimum atomic E-state index is -0.358. The lowest BCUT2D eigenvalue weighted by Gasteiger charge is -2.14. The average molecular weight is 233 g/mol. The summed E-state index contributed by atoms with van der Waals surface area (Å²) in [6.45, 7) is 3.54. The van der Waals surface area contributed by atoms with Gasteiger partial charge in [-0.2, -0.15) is 0 Å². The van der Waals surface area contributed by atoms with Crippen molar-refractivity contribution in [1.82, 2.24) is 9.88 Å². The van der Waals surface area contributed by atoms with Crippen molar-refractivity contribution in [3.05, 3.63) is 29.6 Å². The summed E-state index contributed by atoms with van der Waals surface area (Å²) in [5, 5.41) is 0. The lowest BCUT2D eigenvalue weighted by atomic mass is 10.1. The Balaban J connectivity index is 1.87. The number of hydrogen-bond acceptors (Lipinski definition) is 3. The van der Waals surface area contributed by atoms with Crippen molar-refractivity contribution < 1.29 is 4.79 Å². The van der Waals surface area contributed by atoms with Crippen molar-refractivity contribution in [2.45, 2.75) is 25.7 Å². The van der Waals surface area contributed by atoms with Gasteiger partial charge >= 0.3 is 0 Å². The Kier molecular flexibility index (Phi) is 4.09. The molecule has 1 aromatic heterocycles. The van der Waals surface area contributed by atoms with E-state index in [4.69, 9.17) is 5.73 Å². The van der Waals surface area contributed by atoms with Gasteiger partial charge in [-0.05, 0) is 56.9 Å². The lowest BCUT2D eigenvalue weighted by molar-refractivity contribution is 0.0999. The van der Waals surface area contributed by atoms with Crippen LogP contribution in [0.3, 0.4) is 0 Å². The molecule has 0 atom stereocenters. The third-order valence-corrected chi connectivity index (χ3v) is 3.29. The first-order valence-electron chi connectivity index (χ1n) is 6.22. The van der Waals surface area contributed by atoms with Gasteiger partial charge in [0.2, 0.25) is 5.91 Å². The summed E-state index contributed by atoms with van der Waals surface area (Å²) < 4.78 is 0. The number of amides is 1. The molecule has 4 heteroatoms. The fourth-order valence-electron chi connectivity index (χ4n) is 2.37. The predicted molar refractivity (Wildman–Crippen MR) is 66.7 cm³/mol. The van der Waals surface area contributed by atoms with Gasteiger partial charge in [-0.1, -0.05) is 0 Å². The molecule has 0 aromatic carbocycles. The molecule has 1 aliphatic rings. The normalized spacial score (nSPS) is 16.2. The van der Waals surface area contributed by atoms with E-state index in [0.717, 1.165) is 24.9 Å². The van der Waals surface area contributed by atoms with E-state index < -0.39 is 0 Å². The van der Waals surface area contributed by atoms with E-state index in [2.05, 4.69) is 9.88 Å². The minimum absolute atomic E-state index is 0.358. The molecule has 0 radical (unpaired) electrons. The van der Waals surface area contributed by atoms with Gasteiger partial charge < -0.3 is 10.6 Å². The first kappa shape index (κ1) is 12.0. The van der Waals surface area contributed by atoms with E-state index in [1.807, 2.05) is 0 Å². The molecule has 4 nitrogen and oxygen atoms in total. The second-order valence-electron chi connectivity index (χ2n) is 4.55. The van der Waals surface area contributed by atoms with E-state index in [9.17, 15) is 4.79 Å². The second-order valence-corrected chi connectivity index (χ2v) is 4.55. The fourth-order valence-corrected chi connectivity index (χ4v) is 2.37. The molecule has 0 spiro atoms. The predicted octanol–water partition coefficient (Wildman–Crippen LogP) is 1.21. The van der Waals surface area contributed by atoms with Crippen molar-refractivity contribution in [1.29, 1.82) is 0 Å². The number of nitrogens with two attached hydrogens (primary N) is 1. The van der Waals surface area contributed by atoms with E-state index in [1.54, 1.807) is 18.5 Å². The van der Waals surface area contributed by atoms with Crippen molar-refractivity contribution >= 4 is 5.91 Å². The van der Waals surface area contributed by atoms with Crippen LogP contribution in [0, 0.1) is 0 Å². The number of primary amides is 1. The molecule has 92 valence electrons. The highest BCUT2D eigenvalue weighted by atomic mass is 16.1. The van der Waals surface area contributed by atoms with Gasteiger partial charge in [0.1, 0.15) is 0 Å². The van der Waals surface area contributed by atoms with Crippen LogP contribution >= 0.6 is 0 Å².